The van der Waals surface area contributed by atoms with E-state index in [2.05, 4.69) is 38.8 Å². The summed E-state index contributed by atoms with van der Waals surface area (Å²) in [4.78, 5) is 20.5. The van der Waals surface area contributed by atoms with Gasteiger partial charge < -0.3 is 14.8 Å². The zero-order valence-corrected chi connectivity index (χ0v) is 18.0. The molecule has 1 saturated heterocycles. The molecular formula is C23H31ClN4O. The van der Waals surface area contributed by atoms with E-state index in [1.807, 2.05) is 18.5 Å². The number of rotatable bonds is 5. The van der Waals surface area contributed by atoms with Gasteiger partial charge in [0.25, 0.3) is 5.91 Å². The van der Waals surface area contributed by atoms with Crippen LogP contribution in [-0.2, 0) is 25.9 Å². The van der Waals surface area contributed by atoms with Crippen LogP contribution in [0.3, 0.4) is 0 Å². The molecule has 1 unspecified atom stereocenters. The summed E-state index contributed by atoms with van der Waals surface area (Å²) in [5.41, 5.74) is 3.91. The Morgan fingerprint density at radius 3 is 2.93 bits per heavy atom. The molecule has 5 nitrogen and oxygen atoms in total. The predicted octanol–water partition coefficient (Wildman–Crippen LogP) is 3.60. The van der Waals surface area contributed by atoms with Crippen molar-refractivity contribution in [1.82, 2.24) is 19.8 Å². The van der Waals surface area contributed by atoms with Crippen LogP contribution in [0.25, 0.3) is 0 Å². The van der Waals surface area contributed by atoms with Crippen LogP contribution < -0.4 is 5.32 Å². The van der Waals surface area contributed by atoms with Crippen LogP contribution in [0.15, 0.2) is 30.6 Å². The van der Waals surface area contributed by atoms with Gasteiger partial charge in [-0.1, -0.05) is 12.1 Å². The van der Waals surface area contributed by atoms with Crippen molar-refractivity contribution >= 4 is 18.3 Å². The van der Waals surface area contributed by atoms with Gasteiger partial charge in [-0.05, 0) is 81.1 Å². The molecule has 1 aromatic carbocycles. The minimum Gasteiger partial charge on any atom is -0.334 e. The molecule has 0 bridgehead atoms. The standard InChI is InChI=1S/C23H30N4O.ClH/c1-2-26-14-13-25-21(26)16-27(20-15-23(20)9-11-24-12-10-23)22(28)19-8-4-6-17-5-3-7-18(17)19;/h4,6,8,13-14,20,24H,2-3,5,7,9-12,15-16H2,1H3;1H. The summed E-state index contributed by atoms with van der Waals surface area (Å²) in [7, 11) is 0. The van der Waals surface area contributed by atoms with Crippen LogP contribution in [0.2, 0.25) is 0 Å². The maximum atomic E-state index is 13.8. The van der Waals surface area contributed by atoms with Gasteiger partial charge in [-0.2, -0.15) is 0 Å². The fourth-order valence-electron chi connectivity index (χ4n) is 5.46. The third-order valence-electron chi connectivity index (χ3n) is 7.21. The minimum atomic E-state index is 0. The van der Waals surface area contributed by atoms with Gasteiger partial charge >= 0.3 is 0 Å². The molecule has 0 radical (unpaired) electrons. The average Bonchev–Trinajstić information content (AvgIpc) is 3.09. The van der Waals surface area contributed by atoms with Gasteiger partial charge in [0.05, 0.1) is 6.54 Å². The van der Waals surface area contributed by atoms with E-state index in [0.717, 1.165) is 50.3 Å². The number of amides is 1. The number of halogens is 1. The highest BCUT2D eigenvalue weighted by Gasteiger charge is 2.58. The van der Waals surface area contributed by atoms with Crippen LogP contribution >= 0.6 is 12.4 Å². The first-order valence-corrected chi connectivity index (χ1v) is 10.8. The number of fused-ring (bicyclic) bond motifs is 1. The molecule has 29 heavy (non-hydrogen) atoms. The molecule has 156 valence electrons. The van der Waals surface area contributed by atoms with Gasteiger partial charge in [-0.15, -0.1) is 12.4 Å². The highest BCUT2D eigenvalue weighted by Crippen LogP contribution is 2.56. The summed E-state index contributed by atoms with van der Waals surface area (Å²) in [5.74, 6) is 1.21. The number of hydrogen-bond acceptors (Lipinski definition) is 3. The molecule has 1 amide bonds. The number of aryl methyl sites for hydroxylation is 2. The summed E-state index contributed by atoms with van der Waals surface area (Å²) < 4.78 is 2.16. The van der Waals surface area contributed by atoms with Crippen molar-refractivity contribution in [2.24, 2.45) is 5.41 Å². The van der Waals surface area contributed by atoms with Crippen molar-refractivity contribution in [2.45, 2.75) is 64.6 Å². The monoisotopic (exact) mass is 414 g/mol. The number of nitrogens with zero attached hydrogens (tertiary/aromatic N) is 3. The number of hydrogen-bond donors (Lipinski definition) is 1. The van der Waals surface area contributed by atoms with E-state index < -0.39 is 0 Å². The number of aromatic nitrogens is 2. The van der Waals surface area contributed by atoms with Gasteiger partial charge in [0.2, 0.25) is 0 Å². The first-order valence-electron chi connectivity index (χ1n) is 10.8. The number of carbonyl (C=O) groups excluding carboxylic acids is 1. The van der Waals surface area contributed by atoms with E-state index >= 15 is 0 Å². The molecule has 3 aliphatic rings. The summed E-state index contributed by atoms with van der Waals surface area (Å²) in [6.07, 6.45) is 10.7. The quantitative estimate of drug-likeness (QED) is 0.813. The number of carbonyl (C=O) groups is 1. The molecule has 2 fully saturated rings. The van der Waals surface area contributed by atoms with Crippen molar-refractivity contribution in [3.8, 4) is 0 Å². The maximum absolute atomic E-state index is 13.8. The molecule has 1 spiro atoms. The van der Waals surface area contributed by atoms with E-state index in [1.165, 1.54) is 30.4 Å². The second kappa shape index (κ2) is 8.11. The Morgan fingerprint density at radius 2 is 2.14 bits per heavy atom. The molecule has 5 rings (SSSR count). The van der Waals surface area contributed by atoms with Gasteiger partial charge in [0.1, 0.15) is 5.82 Å². The second-order valence-corrected chi connectivity index (χ2v) is 8.69. The lowest BCUT2D eigenvalue weighted by Crippen LogP contribution is -2.40. The van der Waals surface area contributed by atoms with Gasteiger partial charge in [0, 0.05) is 30.5 Å². The highest BCUT2D eigenvalue weighted by atomic mass is 35.5. The smallest absolute Gasteiger partial charge is 0.254 e. The molecule has 1 aromatic heterocycles. The summed E-state index contributed by atoms with van der Waals surface area (Å²) in [5, 5.41) is 3.48. The van der Waals surface area contributed by atoms with Crippen molar-refractivity contribution < 1.29 is 4.79 Å². The summed E-state index contributed by atoms with van der Waals surface area (Å²) >= 11 is 0. The Bertz CT molecular complexity index is 887. The van der Waals surface area contributed by atoms with Crippen molar-refractivity contribution in [1.29, 1.82) is 0 Å². The third-order valence-corrected chi connectivity index (χ3v) is 7.21. The topological polar surface area (TPSA) is 50.2 Å². The first kappa shape index (κ1) is 20.4. The normalized spacial score (nSPS) is 21.5. The highest BCUT2D eigenvalue weighted by molar-refractivity contribution is 5.96. The maximum Gasteiger partial charge on any atom is 0.254 e. The molecule has 1 atom stereocenters. The van der Waals surface area contributed by atoms with Crippen LogP contribution in [0.4, 0.5) is 0 Å². The number of nitrogens with one attached hydrogen (secondary N) is 1. The number of benzene rings is 1. The SMILES string of the molecule is CCn1ccnc1CN(C(=O)c1cccc2c1CCC2)C1CC12CCNCC2.Cl. The van der Waals surface area contributed by atoms with Crippen molar-refractivity contribution in [2.75, 3.05) is 13.1 Å². The Kier molecular flexibility index (Phi) is 5.71. The molecular weight excluding hydrogens is 384 g/mol. The number of piperidine rings is 1. The van der Waals surface area contributed by atoms with E-state index in [-0.39, 0.29) is 18.3 Å². The van der Waals surface area contributed by atoms with Gasteiger partial charge in [-0.3, -0.25) is 4.79 Å². The first-order chi connectivity index (χ1) is 13.7. The Balaban J connectivity index is 0.00000205. The largest absolute Gasteiger partial charge is 0.334 e. The average molecular weight is 415 g/mol. The van der Waals surface area contributed by atoms with Crippen molar-refractivity contribution in [3.05, 3.63) is 53.1 Å². The van der Waals surface area contributed by atoms with Crippen molar-refractivity contribution in [3.63, 3.8) is 0 Å². The van der Waals surface area contributed by atoms with Crippen LogP contribution in [0, 0.1) is 5.41 Å². The minimum absolute atomic E-state index is 0. The van der Waals surface area contributed by atoms with Crippen LogP contribution in [0.5, 0.6) is 0 Å². The Hall–Kier alpha value is -1.85. The Labute approximate surface area is 179 Å². The Morgan fingerprint density at radius 1 is 1.31 bits per heavy atom. The lowest BCUT2D eigenvalue weighted by Gasteiger charge is -2.30. The van der Waals surface area contributed by atoms with E-state index in [9.17, 15) is 4.79 Å². The lowest BCUT2D eigenvalue weighted by molar-refractivity contribution is 0.0684. The fourth-order valence-corrected chi connectivity index (χ4v) is 5.46. The van der Waals surface area contributed by atoms with Gasteiger partial charge in [-0.25, -0.2) is 4.98 Å². The van der Waals surface area contributed by atoms with Crippen LogP contribution in [-0.4, -0.2) is 39.5 Å². The lowest BCUT2D eigenvalue weighted by atomic mass is 9.93. The van der Waals surface area contributed by atoms with E-state index in [4.69, 9.17) is 0 Å². The van der Waals surface area contributed by atoms with Crippen LogP contribution in [0.1, 0.15) is 59.9 Å². The molecule has 2 aromatic rings. The zero-order valence-electron chi connectivity index (χ0n) is 17.2. The summed E-state index contributed by atoms with van der Waals surface area (Å²) in [6.45, 7) is 5.78. The molecule has 1 N–H and O–H groups in total. The third kappa shape index (κ3) is 3.59. The number of imidazole rings is 1. The molecule has 1 aliphatic heterocycles. The molecule has 1 saturated carbocycles. The molecule has 2 heterocycles. The zero-order chi connectivity index (χ0) is 19.1. The summed E-state index contributed by atoms with van der Waals surface area (Å²) in [6, 6.07) is 6.65. The second-order valence-electron chi connectivity index (χ2n) is 8.69. The van der Waals surface area contributed by atoms with E-state index in [1.54, 1.807) is 0 Å². The van der Waals surface area contributed by atoms with Gasteiger partial charge in [0.15, 0.2) is 0 Å². The predicted molar refractivity (Wildman–Crippen MR) is 116 cm³/mol. The molecule has 2 aliphatic carbocycles. The molecule has 6 heteroatoms. The van der Waals surface area contributed by atoms with E-state index in [0.29, 0.717) is 18.0 Å². The fraction of sp³-hybridized carbons (Fsp3) is 0.565.